The van der Waals surface area contributed by atoms with E-state index >= 15 is 0 Å². The maximum Gasteiger partial charge on any atom is 0.119 e. The standard InChI is InChI=1S/C23H21ClN2O/c1-17-10-12-19(13-11-17)27-15-14-26-22-9-5-4-8-21(22)25-23(26)16-18-6-2-3-7-20(18)24/h2-13H,14-16H2,1H3. The minimum atomic E-state index is 0.582. The van der Waals surface area contributed by atoms with Crippen LogP contribution in [0.4, 0.5) is 0 Å². The zero-order valence-electron chi connectivity index (χ0n) is 15.2. The number of aryl methyl sites for hydroxylation is 1. The van der Waals surface area contributed by atoms with Crippen LogP contribution in [0.15, 0.2) is 72.8 Å². The zero-order valence-corrected chi connectivity index (χ0v) is 16.0. The van der Waals surface area contributed by atoms with Crippen LogP contribution in [0.1, 0.15) is 17.0 Å². The number of fused-ring (bicyclic) bond motifs is 1. The molecule has 0 N–H and O–H groups in total. The van der Waals surface area contributed by atoms with Crippen molar-refractivity contribution in [3.63, 3.8) is 0 Å². The van der Waals surface area contributed by atoms with Crippen LogP contribution in [0, 0.1) is 6.92 Å². The van der Waals surface area contributed by atoms with Crippen molar-refractivity contribution in [3.05, 3.63) is 94.8 Å². The van der Waals surface area contributed by atoms with E-state index in [0.717, 1.165) is 39.7 Å². The van der Waals surface area contributed by atoms with Gasteiger partial charge in [-0.25, -0.2) is 4.98 Å². The molecule has 0 aliphatic rings. The quantitative estimate of drug-likeness (QED) is 0.433. The average Bonchev–Trinajstić information content (AvgIpc) is 3.03. The number of para-hydroxylation sites is 2. The number of hydrogen-bond donors (Lipinski definition) is 0. The lowest BCUT2D eigenvalue weighted by atomic mass is 10.1. The molecule has 3 aromatic carbocycles. The Morgan fingerprint density at radius 3 is 2.48 bits per heavy atom. The molecule has 4 heteroatoms. The molecule has 0 aliphatic carbocycles. The molecule has 1 heterocycles. The van der Waals surface area contributed by atoms with Gasteiger partial charge in [-0.15, -0.1) is 0 Å². The Hall–Kier alpha value is -2.78. The molecule has 27 heavy (non-hydrogen) atoms. The summed E-state index contributed by atoms with van der Waals surface area (Å²) in [7, 11) is 0. The van der Waals surface area contributed by atoms with Gasteiger partial charge in [0.05, 0.1) is 17.6 Å². The van der Waals surface area contributed by atoms with E-state index in [4.69, 9.17) is 21.3 Å². The second-order valence-corrected chi connectivity index (χ2v) is 7.01. The first-order valence-electron chi connectivity index (χ1n) is 9.08. The summed E-state index contributed by atoms with van der Waals surface area (Å²) in [5, 5.41) is 0.770. The number of nitrogens with zero attached hydrogens (tertiary/aromatic N) is 2. The molecule has 4 rings (SSSR count). The summed E-state index contributed by atoms with van der Waals surface area (Å²) < 4.78 is 8.17. The molecule has 0 radical (unpaired) electrons. The molecule has 0 amide bonds. The highest BCUT2D eigenvalue weighted by molar-refractivity contribution is 6.31. The first-order chi connectivity index (χ1) is 13.2. The van der Waals surface area contributed by atoms with E-state index in [-0.39, 0.29) is 0 Å². The van der Waals surface area contributed by atoms with Crippen molar-refractivity contribution in [3.8, 4) is 5.75 Å². The van der Waals surface area contributed by atoms with Crippen molar-refractivity contribution in [2.45, 2.75) is 19.9 Å². The topological polar surface area (TPSA) is 27.1 Å². The molecule has 1 aromatic heterocycles. The van der Waals surface area contributed by atoms with E-state index < -0.39 is 0 Å². The zero-order chi connectivity index (χ0) is 18.6. The van der Waals surface area contributed by atoms with Crippen molar-refractivity contribution in [2.75, 3.05) is 6.61 Å². The molecule has 0 spiro atoms. The van der Waals surface area contributed by atoms with Crippen molar-refractivity contribution in [2.24, 2.45) is 0 Å². The number of ether oxygens (including phenoxy) is 1. The van der Waals surface area contributed by atoms with Gasteiger partial charge >= 0.3 is 0 Å². The van der Waals surface area contributed by atoms with E-state index in [9.17, 15) is 0 Å². The van der Waals surface area contributed by atoms with Gasteiger partial charge in [0.15, 0.2) is 0 Å². The van der Waals surface area contributed by atoms with Gasteiger partial charge in [-0.2, -0.15) is 0 Å². The van der Waals surface area contributed by atoms with Crippen LogP contribution in [-0.4, -0.2) is 16.2 Å². The summed E-state index contributed by atoms with van der Waals surface area (Å²) in [5.74, 6) is 1.88. The van der Waals surface area contributed by atoms with E-state index in [1.807, 2.05) is 48.5 Å². The number of hydrogen-bond acceptors (Lipinski definition) is 2. The number of imidazole rings is 1. The van der Waals surface area contributed by atoms with Crippen LogP contribution < -0.4 is 4.74 Å². The molecule has 0 atom stereocenters. The van der Waals surface area contributed by atoms with E-state index in [2.05, 4.69) is 35.8 Å². The molecule has 0 bridgehead atoms. The Morgan fingerprint density at radius 2 is 1.67 bits per heavy atom. The van der Waals surface area contributed by atoms with Crippen LogP contribution in [0.25, 0.3) is 11.0 Å². The minimum absolute atomic E-state index is 0.582. The lowest BCUT2D eigenvalue weighted by molar-refractivity contribution is 0.298. The van der Waals surface area contributed by atoms with Gasteiger partial charge in [-0.3, -0.25) is 0 Å². The van der Waals surface area contributed by atoms with Crippen LogP contribution in [0.2, 0.25) is 5.02 Å². The van der Waals surface area contributed by atoms with Gasteiger partial charge in [0, 0.05) is 11.4 Å². The van der Waals surface area contributed by atoms with E-state index in [1.165, 1.54) is 5.56 Å². The first kappa shape index (κ1) is 17.6. The Balaban J connectivity index is 1.58. The summed E-state index contributed by atoms with van der Waals surface area (Å²) in [5.41, 5.74) is 4.42. The first-order valence-corrected chi connectivity index (χ1v) is 9.45. The lowest BCUT2D eigenvalue weighted by Gasteiger charge is -2.12. The number of halogens is 1. The normalized spacial score (nSPS) is 11.0. The number of rotatable bonds is 6. The maximum atomic E-state index is 6.36. The second-order valence-electron chi connectivity index (χ2n) is 6.60. The fourth-order valence-electron chi connectivity index (χ4n) is 3.21. The summed E-state index contributed by atoms with van der Waals surface area (Å²) in [6.07, 6.45) is 0.693. The van der Waals surface area contributed by atoms with Crippen molar-refractivity contribution in [1.29, 1.82) is 0 Å². The molecule has 0 fully saturated rings. The Labute approximate surface area is 164 Å². The third-order valence-electron chi connectivity index (χ3n) is 4.64. The molecule has 136 valence electrons. The summed E-state index contributed by atoms with van der Waals surface area (Å²) in [6, 6.07) is 24.3. The molecule has 0 aliphatic heterocycles. The van der Waals surface area contributed by atoms with Crippen molar-refractivity contribution in [1.82, 2.24) is 9.55 Å². The number of aromatic nitrogens is 2. The van der Waals surface area contributed by atoms with E-state index in [1.54, 1.807) is 0 Å². The van der Waals surface area contributed by atoms with Crippen molar-refractivity contribution < 1.29 is 4.74 Å². The smallest absolute Gasteiger partial charge is 0.119 e. The van der Waals surface area contributed by atoms with Gasteiger partial charge < -0.3 is 9.30 Å². The van der Waals surface area contributed by atoms with Gasteiger partial charge in [-0.1, -0.05) is 59.6 Å². The molecule has 0 unspecified atom stereocenters. The number of benzene rings is 3. The van der Waals surface area contributed by atoms with Gasteiger partial charge in [0.2, 0.25) is 0 Å². The molecule has 4 aromatic rings. The predicted molar refractivity (Wildman–Crippen MR) is 111 cm³/mol. The molecular formula is C23H21ClN2O. The minimum Gasteiger partial charge on any atom is -0.492 e. The van der Waals surface area contributed by atoms with Crippen LogP contribution in [0.5, 0.6) is 5.75 Å². The third-order valence-corrected chi connectivity index (χ3v) is 5.01. The van der Waals surface area contributed by atoms with Gasteiger partial charge in [-0.05, 0) is 42.8 Å². The van der Waals surface area contributed by atoms with Crippen molar-refractivity contribution >= 4 is 22.6 Å². The highest BCUT2D eigenvalue weighted by Crippen LogP contribution is 2.22. The summed E-state index contributed by atoms with van der Waals surface area (Å²) in [6.45, 7) is 3.38. The average molecular weight is 377 g/mol. The van der Waals surface area contributed by atoms with Gasteiger partial charge in [0.1, 0.15) is 18.2 Å². The molecule has 0 saturated carbocycles. The SMILES string of the molecule is Cc1ccc(OCCn2c(Cc3ccccc3Cl)nc3ccccc32)cc1. The van der Waals surface area contributed by atoms with E-state index in [0.29, 0.717) is 13.0 Å². The highest BCUT2D eigenvalue weighted by Gasteiger charge is 2.12. The predicted octanol–water partition coefficient (Wildman–Crippen LogP) is 5.67. The summed E-state index contributed by atoms with van der Waals surface area (Å²) in [4.78, 5) is 4.84. The van der Waals surface area contributed by atoms with Crippen LogP contribution >= 0.6 is 11.6 Å². The highest BCUT2D eigenvalue weighted by atomic mass is 35.5. The fraction of sp³-hybridized carbons (Fsp3) is 0.174. The second kappa shape index (κ2) is 7.85. The summed E-state index contributed by atoms with van der Waals surface area (Å²) >= 11 is 6.36. The maximum absolute atomic E-state index is 6.36. The fourth-order valence-corrected chi connectivity index (χ4v) is 3.41. The molecular weight excluding hydrogens is 356 g/mol. The molecule has 0 saturated heterocycles. The molecule has 3 nitrogen and oxygen atoms in total. The lowest BCUT2D eigenvalue weighted by Crippen LogP contribution is -2.11. The van der Waals surface area contributed by atoms with Crippen LogP contribution in [-0.2, 0) is 13.0 Å². The largest absolute Gasteiger partial charge is 0.492 e. The Bertz CT molecular complexity index is 1050. The Kier molecular flexibility index (Phi) is 5.12. The third kappa shape index (κ3) is 3.99. The van der Waals surface area contributed by atoms with Gasteiger partial charge in [0.25, 0.3) is 0 Å². The monoisotopic (exact) mass is 376 g/mol. The Morgan fingerprint density at radius 1 is 0.926 bits per heavy atom. The van der Waals surface area contributed by atoms with Crippen LogP contribution in [0.3, 0.4) is 0 Å².